The molecule has 0 spiro atoms. The normalized spacial score (nSPS) is 12.1. The SMILES string of the molecule is CCc1csc(NCC(C(=O)O)c2ccccc2)n1. The molecule has 0 aliphatic heterocycles. The molecular formula is C14H16N2O2S. The van der Waals surface area contributed by atoms with Crippen molar-refractivity contribution in [2.24, 2.45) is 0 Å². The number of aromatic nitrogens is 1. The Hall–Kier alpha value is -1.88. The Kier molecular flexibility index (Phi) is 4.52. The number of aliphatic carboxylic acids is 1. The van der Waals surface area contributed by atoms with Crippen LogP contribution in [0.2, 0.25) is 0 Å². The molecule has 0 aliphatic rings. The molecule has 0 saturated carbocycles. The van der Waals surface area contributed by atoms with Gasteiger partial charge < -0.3 is 10.4 Å². The van der Waals surface area contributed by atoms with E-state index in [0.717, 1.165) is 22.8 Å². The summed E-state index contributed by atoms with van der Waals surface area (Å²) in [5, 5.41) is 15.2. The quantitative estimate of drug-likeness (QED) is 0.851. The molecule has 0 saturated heterocycles. The highest BCUT2D eigenvalue weighted by molar-refractivity contribution is 7.13. The van der Waals surface area contributed by atoms with Crippen LogP contribution >= 0.6 is 11.3 Å². The van der Waals surface area contributed by atoms with Crippen molar-refractivity contribution >= 4 is 22.4 Å². The minimum atomic E-state index is -0.828. The van der Waals surface area contributed by atoms with Crippen LogP contribution < -0.4 is 5.32 Å². The van der Waals surface area contributed by atoms with Gasteiger partial charge in [-0.25, -0.2) is 4.98 Å². The average molecular weight is 276 g/mol. The predicted octanol–water partition coefficient (Wildman–Crippen LogP) is 2.99. The largest absolute Gasteiger partial charge is 0.481 e. The molecule has 1 aromatic carbocycles. The molecule has 0 fully saturated rings. The summed E-state index contributed by atoms with van der Waals surface area (Å²) in [6.45, 7) is 2.39. The number of anilines is 1. The van der Waals surface area contributed by atoms with E-state index in [0.29, 0.717) is 6.54 Å². The summed E-state index contributed by atoms with van der Waals surface area (Å²) in [6, 6.07) is 9.25. The number of carboxylic acids is 1. The number of benzene rings is 1. The number of carboxylic acid groups (broad SMARTS) is 1. The lowest BCUT2D eigenvalue weighted by Gasteiger charge is -2.13. The van der Waals surface area contributed by atoms with Gasteiger partial charge in [0.15, 0.2) is 5.13 Å². The van der Waals surface area contributed by atoms with Crippen LogP contribution in [0.5, 0.6) is 0 Å². The minimum absolute atomic E-state index is 0.343. The monoisotopic (exact) mass is 276 g/mol. The summed E-state index contributed by atoms with van der Waals surface area (Å²) in [7, 11) is 0. The van der Waals surface area contributed by atoms with Crippen molar-refractivity contribution < 1.29 is 9.90 Å². The Labute approximate surface area is 116 Å². The maximum absolute atomic E-state index is 11.3. The first-order chi connectivity index (χ1) is 9.20. The molecule has 2 rings (SSSR count). The van der Waals surface area contributed by atoms with E-state index in [1.54, 1.807) is 0 Å². The second-order valence-electron chi connectivity index (χ2n) is 4.18. The smallest absolute Gasteiger partial charge is 0.312 e. The molecule has 1 aromatic heterocycles. The lowest BCUT2D eigenvalue weighted by molar-refractivity contribution is -0.138. The molecule has 4 nitrogen and oxygen atoms in total. The van der Waals surface area contributed by atoms with Gasteiger partial charge in [-0.3, -0.25) is 4.79 Å². The highest BCUT2D eigenvalue weighted by Gasteiger charge is 2.19. The van der Waals surface area contributed by atoms with Gasteiger partial charge in [0, 0.05) is 11.9 Å². The van der Waals surface area contributed by atoms with Crippen LogP contribution in [0.4, 0.5) is 5.13 Å². The Balaban J connectivity index is 2.04. The van der Waals surface area contributed by atoms with Gasteiger partial charge in [-0.05, 0) is 12.0 Å². The average Bonchev–Trinajstić information content (AvgIpc) is 2.88. The van der Waals surface area contributed by atoms with Gasteiger partial charge >= 0.3 is 5.97 Å². The zero-order valence-corrected chi connectivity index (χ0v) is 11.5. The third kappa shape index (κ3) is 3.54. The number of aryl methyl sites for hydroxylation is 1. The van der Waals surface area contributed by atoms with E-state index in [9.17, 15) is 9.90 Å². The molecule has 0 aliphatic carbocycles. The van der Waals surface area contributed by atoms with Crippen molar-refractivity contribution in [3.05, 3.63) is 47.0 Å². The second kappa shape index (κ2) is 6.33. The Morgan fingerprint density at radius 1 is 1.42 bits per heavy atom. The highest BCUT2D eigenvalue weighted by Crippen LogP contribution is 2.20. The zero-order chi connectivity index (χ0) is 13.7. The molecule has 2 N–H and O–H groups in total. The zero-order valence-electron chi connectivity index (χ0n) is 10.7. The summed E-state index contributed by atoms with van der Waals surface area (Å²) in [4.78, 5) is 15.7. The molecule has 19 heavy (non-hydrogen) atoms. The summed E-state index contributed by atoms with van der Waals surface area (Å²) in [6.07, 6.45) is 0.888. The fourth-order valence-electron chi connectivity index (χ4n) is 1.77. The van der Waals surface area contributed by atoms with Gasteiger partial charge in [-0.1, -0.05) is 37.3 Å². The molecule has 1 heterocycles. The van der Waals surface area contributed by atoms with E-state index in [2.05, 4.69) is 10.3 Å². The van der Waals surface area contributed by atoms with E-state index in [1.807, 2.05) is 42.6 Å². The van der Waals surface area contributed by atoms with Crippen LogP contribution in [0.1, 0.15) is 24.1 Å². The van der Waals surface area contributed by atoms with Crippen LogP contribution in [-0.4, -0.2) is 22.6 Å². The standard InChI is InChI=1S/C14H16N2O2S/c1-2-11-9-19-14(16-11)15-8-12(13(17)18)10-6-4-3-5-7-10/h3-7,9,12H,2,8H2,1H3,(H,15,16)(H,17,18). The molecule has 100 valence electrons. The van der Waals surface area contributed by atoms with E-state index in [1.165, 1.54) is 11.3 Å². The van der Waals surface area contributed by atoms with E-state index in [4.69, 9.17) is 0 Å². The number of carbonyl (C=O) groups is 1. The summed E-state index contributed by atoms with van der Waals surface area (Å²) in [5.41, 5.74) is 1.83. The van der Waals surface area contributed by atoms with Gasteiger partial charge in [-0.2, -0.15) is 0 Å². The van der Waals surface area contributed by atoms with Gasteiger partial charge in [0.1, 0.15) is 0 Å². The van der Waals surface area contributed by atoms with Crippen molar-refractivity contribution in [2.45, 2.75) is 19.3 Å². The van der Waals surface area contributed by atoms with Crippen molar-refractivity contribution in [3.63, 3.8) is 0 Å². The maximum Gasteiger partial charge on any atom is 0.312 e. The van der Waals surface area contributed by atoms with Crippen molar-refractivity contribution in [2.75, 3.05) is 11.9 Å². The fourth-order valence-corrected chi connectivity index (χ4v) is 2.58. The lowest BCUT2D eigenvalue weighted by atomic mass is 9.99. The number of nitrogens with one attached hydrogen (secondary N) is 1. The lowest BCUT2D eigenvalue weighted by Crippen LogP contribution is -2.20. The minimum Gasteiger partial charge on any atom is -0.481 e. The van der Waals surface area contributed by atoms with Gasteiger partial charge in [0.05, 0.1) is 11.6 Å². The summed E-state index contributed by atoms with van der Waals surface area (Å²) < 4.78 is 0. The molecular weight excluding hydrogens is 260 g/mol. The molecule has 5 heteroatoms. The van der Waals surface area contributed by atoms with Crippen molar-refractivity contribution in [3.8, 4) is 0 Å². The highest BCUT2D eigenvalue weighted by atomic mass is 32.1. The first-order valence-electron chi connectivity index (χ1n) is 6.16. The third-order valence-electron chi connectivity index (χ3n) is 2.87. The van der Waals surface area contributed by atoms with Gasteiger partial charge in [-0.15, -0.1) is 11.3 Å². The summed E-state index contributed by atoms with van der Waals surface area (Å²) >= 11 is 1.51. The Morgan fingerprint density at radius 3 is 2.74 bits per heavy atom. The van der Waals surface area contributed by atoms with E-state index >= 15 is 0 Å². The van der Waals surface area contributed by atoms with Crippen molar-refractivity contribution in [1.82, 2.24) is 4.98 Å². The Bertz CT molecular complexity index is 539. The van der Waals surface area contributed by atoms with E-state index in [-0.39, 0.29) is 0 Å². The van der Waals surface area contributed by atoms with Gasteiger partial charge in [0.2, 0.25) is 0 Å². The first-order valence-corrected chi connectivity index (χ1v) is 7.04. The topological polar surface area (TPSA) is 62.2 Å². The van der Waals surface area contributed by atoms with Crippen molar-refractivity contribution in [1.29, 1.82) is 0 Å². The number of nitrogens with zero attached hydrogens (tertiary/aromatic N) is 1. The first kappa shape index (κ1) is 13.5. The summed E-state index contributed by atoms with van der Waals surface area (Å²) in [5.74, 6) is -1.39. The molecule has 0 amide bonds. The number of hydrogen-bond donors (Lipinski definition) is 2. The van der Waals surface area contributed by atoms with E-state index < -0.39 is 11.9 Å². The number of hydrogen-bond acceptors (Lipinski definition) is 4. The van der Waals surface area contributed by atoms with Crippen LogP contribution in [-0.2, 0) is 11.2 Å². The predicted molar refractivity (Wildman–Crippen MR) is 76.8 cm³/mol. The van der Waals surface area contributed by atoms with Crippen LogP contribution in [0.25, 0.3) is 0 Å². The molecule has 1 atom stereocenters. The number of rotatable bonds is 6. The van der Waals surface area contributed by atoms with Crippen LogP contribution in [0.15, 0.2) is 35.7 Å². The molecule has 0 bridgehead atoms. The van der Waals surface area contributed by atoms with Crippen LogP contribution in [0.3, 0.4) is 0 Å². The maximum atomic E-state index is 11.3. The van der Waals surface area contributed by atoms with Gasteiger partial charge in [0.25, 0.3) is 0 Å². The van der Waals surface area contributed by atoms with Crippen LogP contribution in [0, 0.1) is 0 Å². The fraction of sp³-hybridized carbons (Fsp3) is 0.286. The third-order valence-corrected chi connectivity index (χ3v) is 3.72. The second-order valence-corrected chi connectivity index (χ2v) is 5.04. The molecule has 2 aromatic rings. The Morgan fingerprint density at radius 2 is 2.16 bits per heavy atom. The molecule has 1 unspecified atom stereocenters. The molecule has 0 radical (unpaired) electrons. The number of thiazole rings is 1.